The van der Waals surface area contributed by atoms with Crippen LogP contribution < -0.4 is 5.73 Å². The minimum Gasteiger partial charge on any atom is -0.396 e. The summed E-state index contributed by atoms with van der Waals surface area (Å²) in [6, 6.07) is 0. The first kappa shape index (κ1) is 18.8. The lowest BCUT2D eigenvalue weighted by Crippen LogP contribution is -2.52. The number of carbonyl (C=O) groups excluding carboxylic acids is 1. The highest BCUT2D eigenvalue weighted by Crippen LogP contribution is 2.66. The second-order valence-electron chi connectivity index (χ2n) is 10.1. The van der Waals surface area contributed by atoms with E-state index in [1.807, 2.05) is 0 Å². The summed E-state index contributed by atoms with van der Waals surface area (Å²) in [6.07, 6.45) is 12.8. The predicted molar refractivity (Wildman–Crippen MR) is 105 cm³/mol. The molecule has 5 aliphatic carbocycles. The maximum Gasteiger partial charge on any atom is 0.178 e. The predicted octanol–water partition coefficient (Wildman–Crippen LogP) is 4.77. The lowest BCUT2D eigenvalue weighted by atomic mass is 9.47. The Morgan fingerprint density at radius 3 is 2.46 bits per heavy atom. The fourth-order valence-electron chi connectivity index (χ4n) is 7.37. The van der Waals surface area contributed by atoms with Crippen LogP contribution in [-0.4, -0.2) is 18.0 Å². The van der Waals surface area contributed by atoms with Gasteiger partial charge in [-0.15, -0.1) is 12.4 Å². The Labute approximate surface area is 163 Å². The van der Waals surface area contributed by atoms with Crippen LogP contribution in [0.3, 0.4) is 0 Å². The molecule has 5 rings (SSSR count). The van der Waals surface area contributed by atoms with Crippen molar-refractivity contribution in [3.05, 3.63) is 11.3 Å². The van der Waals surface area contributed by atoms with Gasteiger partial charge in [-0.2, -0.15) is 0 Å². The van der Waals surface area contributed by atoms with Gasteiger partial charge < -0.3 is 10.5 Å². The number of hydrogen-bond donors (Lipinski definition) is 1. The Bertz CT molecular complexity index is 642. The monoisotopic (exact) mass is 379 g/mol. The van der Waals surface area contributed by atoms with E-state index in [2.05, 4.69) is 13.8 Å². The first-order chi connectivity index (χ1) is 11.9. The second-order valence-corrected chi connectivity index (χ2v) is 10.1. The van der Waals surface area contributed by atoms with Crippen LogP contribution in [0.15, 0.2) is 11.3 Å². The van der Waals surface area contributed by atoms with Gasteiger partial charge in [-0.05, 0) is 91.9 Å². The van der Waals surface area contributed by atoms with E-state index in [-0.39, 0.29) is 23.6 Å². The van der Waals surface area contributed by atoms with Crippen LogP contribution in [0.25, 0.3) is 0 Å². The molecule has 0 heterocycles. The molecule has 0 amide bonds. The number of hydrogen-bond acceptors (Lipinski definition) is 3. The summed E-state index contributed by atoms with van der Waals surface area (Å²) < 4.78 is 6.46. The van der Waals surface area contributed by atoms with Crippen molar-refractivity contribution in [3.8, 4) is 0 Å². The Morgan fingerprint density at radius 2 is 1.73 bits per heavy atom. The van der Waals surface area contributed by atoms with Gasteiger partial charge in [0, 0.05) is 6.42 Å². The molecule has 0 aromatic carbocycles. The van der Waals surface area contributed by atoms with Gasteiger partial charge >= 0.3 is 0 Å². The molecule has 26 heavy (non-hydrogen) atoms. The third-order valence-corrected chi connectivity index (χ3v) is 8.96. The standard InChI is InChI=1S/C22H33NO2.ClH/c1-21-12-10-18(24)20(23)17(21)6-5-14-15-7-8-19(25-13-3-4-13)22(15,2)11-9-16(14)21;/h13-16,19H,3-12,23H2,1-2H3;1H/t14-,15-,16-,19-,21+,22-;/m0./s1. The molecule has 0 aromatic heterocycles. The molecule has 0 aromatic rings. The molecule has 146 valence electrons. The largest absolute Gasteiger partial charge is 0.396 e. The molecule has 0 unspecified atom stereocenters. The summed E-state index contributed by atoms with van der Waals surface area (Å²) in [5.74, 6) is 2.54. The van der Waals surface area contributed by atoms with Gasteiger partial charge in [0.2, 0.25) is 0 Å². The minimum absolute atomic E-state index is 0. The van der Waals surface area contributed by atoms with Crippen molar-refractivity contribution in [2.45, 2.75) is 90.3 Å². The van der Waals surface area contributed by atoms with E-state index < -0.39 is 0 Å². The molecule has 5 aliphatic rings. The first-order valence-corrected chi connectivity index (χ1v) is 10.6. The Kier molecular flexibility index (Phi) is 4.51. The molecule has 0 spiro atoms. The third kappa shape index (κ3) is 2.53. The molecular weight excluding hydrogens is 346 g/mol. The highest BCUT2D eigenvalue weighted by molar-refractivity contribution is 5.96. The summed E-state index contributed by atoms with van der Waals surface area (Å²) >= 11 is 0. The van der Waals surface area contributed by atoms with Crippen molar-refractivity contribution in [1.82, 2.24) is 0 Å². The summed E-state index contributed by atoms with van der Waals surface area (Å²) in [7, 11) is 0. The van der Waals surface area contributed by atoms with Crippen molar-refractivity contribution >= 4 is 18.2 Å². The van der Waals surface area contributed by atoms with Crippen molar-refractivity contribution in [1.29, 1.82) is 0 Å². The van der Waals surface area contributed by atoms with E-state index in [1.54, 1.807) is 0 Å². The second kappa shape index (κ2) is 6.24. The van der Waals surface area contributed by atoms with Gasteiger partial charge in [0.05, 0.1) is 17.9 Å². The van der Waals surface area contributed by atoms with Crippen LogP contribution in [0.2, 0.25) is 0 Å². The van der Waals surface area contributed by atoms with E-state index >= 15 is 0 Å². The Hall–Kier alpha value is -0.540. The van der Waals surface area contributed by atoms with Crippen LogP contribution in [-0.2, 0) is 9.53 Å². The van der Waals surface area contributed by atoms with E-state index in [1.165, 1.54) is 50.5 Å². The van der Waals surface area contributed by atoms with Gasteiger partial charge in [-0.1, -0.05) is 13.8 Å². The molecule has 2 N–H and O–H groups in total. The minimum atomic E-state index is 0. The molecule has 4 saturated carbocycles. The fourth-order valence-corrected chi connectivity index (χ4v) is 7.37. The van der Waals surface area contributed by atoms with Crippen molar-refractivity contribution in [2.75, 3.05) is 0 Å². The first-order valence-electron chi connectivity index (χ1n) is 10.6. The molecule has 0 radical (unpaired) electrons. The van der Waals surface area contributed by atoms with Crippen LogP contribution >= 0.6 is 12.4 Å². The highest BCUT2D eigenvalue weighted by atomic mass is 35.5. The zero-order valence-corrected chi connectivity index (χ0v) is 17.1. The van der Waals surface area contributed by atoms with E-state index in [4.69, 9.17) is 10.5 Å². The van der Waals surface area contributed by atoms with Gasteiger partial charge in [0.1, 0.15) is 0 Å². The molecule has 0 saturated heterocycles. The number of halogens is 1. The molecule has 0 bridgehead atoms. The number of carbonyl (C=O) groups is 1. The molecule has 6 atom stereocenters. The maximum atomic E-state index is 12.1. The quantitative estimate of drug-likeness (QED) is 0.751. The number of ether oxygens (including phenoxy) is 1. The lowest BCUT2D eigenvalue weighted by molar-refractivity contribution is -0.120. The lowest BCUT2D eigenvalue weighted by Gasteiger charge is -2.58. The van der Waals surface area contributed by atoms with E-state index in [0.717, 1.165) is 30.6 Å². The van der Waals surface area contributed by atoms with Crippen molar-refractivity contribution < 1.29 is 9.53 Å². The van der Waals surface area contributed by atoms with Gasteiger partial charge in [-0.3, -0.25) is 4.79 Å². The smallest absolute Gasteiger partial charge is 0.178 e. The SMILES string of the molecule is C[C@]12CC[C@H]3[C@@H](CCC4=C(N)C(=O)CC[C@@]43C)[C@@H]1CC[C@@H]2OC1CC1.Cl. The number of Topliss-reactive ketones (excluding diaryl/α,β-unsaturated/α-hetero) is 1. The average molecular weight is 380 g/mol. The van der Waals surface area contributed by atoms with Crippen molar-refractivity contribution in [3.63, 3.8) is 0 Å². The van der Waals surface area contributed by atoms with E-state index in [0.29, 0.717) is 29.7 Å². The van der Waals surface area contributed by atoms with Crippen molar-refractivity contribution in [2.24, 2.45) is 34.3 Å². The topological polar surface area (TPSA) is 52.3 Å². The maximum absolute atomic E-state index is 12.1. The molecule has 3 nitrogen and oxygen atoms in total. The number of ketones is 1. The van der Waals surface area contributed by atoms with Crippen LogP contribution in [0, 0.1) is 28.6 Å². The van der Waals surface area contributed by atoms with Crippen LogP contribution in [0.4, 0.5) is 0 Å². The van der Waals surface area contributed by atoms with E-state index in [9.17, 15) is 4.79 Å². The Balaban J connectivity index is 0.00000168. The molecule has 4 fully saturated rings. The zero-order chi connectivity index (χ0) is 17.4. The van der Waals surface area contributed by atoms with Gasteiger partial charge in [0.25, 0.3) is 0 Å². The zero-order valence-electron chi connectivity index (χ0n) is 16.3. The normalized spacial score (nSPS) is 47.7. The van der Waals surface area contributed by atoms with Gasteiger partial charge in [-0.25, -0.2) is 0 Å². The summed E-state index contributed by atoms with van der Waals surface area (Å²) in [6.45, 7) is 4.95. The fraction of sp³-hybridized carbons (Fsp3) is 0.864. The summed E-state index contributed by atoms with van der Waals surface area (Å²) in [4.78, 5) is 12.1. The average Bonchev–Trinajstić information content (AvgIpc) is 3.34. The summed E-state index contributed by atoms with van der Waals surface area (Å²) in [5, 5.41) is 0. The highest BCUT2D eigenvalue weighted by Gasteiger charge is 2.60. The van der Waals surface area contributed by atoms with Crippen LogP contribution in [0.1, 0.15) is 78.1 Å². The number of rotatable bonds is 2. The molecule has 4 heteroatoms. The summed E-state index contributed by atoms with van der Waals surface area (Å²) in [5.41, 5.74) is 8.77. The molecule has 0 aliphatic heterocycles. The van der Waals surface area contributed by atoms with Crippen LogP contribution in [0.5, 0.6) is 0 Å². The third-order valence-electron chi connectivity index (χ3n) is 8.96. The number of nitrogens with two attached hydrogens (primary N) is 1. The number of allylic oxidation sites excluding steroid dienone is 1. The number of fused-ring (bicyclic) bond motifs is 5. The Morgan fingerprint density at radius 1 is 0.962 bits per heavy atom. The van der Waals surface area contributed by atoms with Gasteiger partial charge in [0.15, 0.2) is 5.78 Å². The molecular formula is C22H34ClNO2.